The van der Waals surface area contributed by atoms with E-state index in [1.807, 2.05) is 28.9 Å². The van der Waals surface area contributed by atoms with Crippen LogP contribution in [0.5, 0.6) is 5.75 Å². The number of β-amino-alcohol motifs (C(OH)–C–C–N with tert-alkyl or cyclic N) is 1. The number of rotatable bonds is 7. The number of aliphatic hydroxyl groups excluding tert-OH is 1. The molecular weight excluding hydrogens is 611 g/mol. The fraction of sp³-hybridized carbons (Fsp3) is 0.471. The number of aromatic nitrogens is 4. The monoisotopic (exact) mass is 647 g/mol. The van der Waals surface area contributed by atoms with E-state index in [2.05, 4.69) is 27.7 Å². The summed E-state index contributed by atoms with van der Waals surface area (Å²) in [7, 11) is 0. The number of piperidine rings is 1. The van der Waals surface area contributed by atoms with Gasteiger partial charge in [0.1, 0.15) is 11.3 Å². The number of aliphatic hydroxyl groups is 1. The number of ether oxygens (including phenoxy) is 1. The van der Waals surface area contributed by atoms with Crippen LogP contribution in [0.4, 0.5) is 24.9 Å². The Morgan fingerprint density at radius 3 is 2.53 bits per heavy atom. The lowest BCUT2D eigenvalue weighted by Gasteiger charge is -2.54. The van der Waals surface area contributed by atoms with E-state index in [1.54, 1.807) is 6.20 Å². The largest absolute Gasteiger partial charge is 0.481 e. The Kier molecular flexibility index (Phi) is 6.91. The lowest BCUT2D eigenvalue weighted by molar-refractivity contribution is -0.153. The van der Waals surface area contributed by atoms with Gasteiger partial charge in [0.05, 0.1) is 17.8 Å². The molecule has 0 bridgehead atoms. The molecule has 2 aromatic carbocycles. The number of aryl methyl sites for hydroxylation is 1. The maximum Gasteiger partial charge on any atom is 0.422 e. The van der Waals surface area contributed by atoms with Crippen molar-refractivity contribution in [1.29, 1.82) is 0 Å². The molecule has 4 aliphatic rings. The zero-order valence-corrected chi connectivity index (χ0v) is 26.1. The van der Waals surface area contributed by atoms with Crippen LogP contribution in [-0.2, 0) is 4.79 Å². The lowest BCUT2D eigenvalue weighted by atomic mass is 9.72. The highest BCUT2D eigenvalue weighted by Crippen LogP contribution is 2.53. The van der Waals surface area contributed by atoms with Gasteiger partial charge in [0, 0.05) is 61.0 Å². The summed E-state index contributed by atoms with van der Waals surface area (Å²) in [5.41, 5.74) is 4.35. The van der Waals surface area contributed by atoms with Gasteiger partial charge in [-0.05, 0) is 73.4 Å². The second-order valence-corrected chi connectivity index (χ2v) is 13.6. The van der Waals surface area contributed by atoms with E-state index in [-0.39, 0.29) is 23.0 Å². The van der Waals surface area contributed by atoms with Crippen molar-refractivity contribution in [3.63, 3.8) is 0 Å². The maximum absolute atomic E-state index is 13.9. The van der Waals surface area contributed by atoms with Gasteiger partial charge in [0.25, 0.3) is 0 Å². The molecule has 3 aliphatic heterocycles. The third-order valence-electron chi connectivity index (χ3n) is 10.2. The standard InChI is InChI=1S/C34H36F3N7O3/c1-3-26(46)44-16-33(17-44)8-10-42(11-9-33)31-23-12-22(20-5-6-20)28(27-19(2)4-7-25-24(27)13-38-41-25)30(47-18-34(35,36)37)29(23)39-32(40-31)43-14-21(45)15-43/h3-4,7,12-13,20-21,45H,1,5-6,8-11,14-18H2,2H3,(H,38,41). The summed E-state index contributed by atoms with van der Waals surface area (Å²) in [5.74, 6) is 1.20. The first-order valence-corrected chi connectivity index (χ1v) is 16.1. The van der Waals surface area contributed by atoms with Gasteiger partial charge in [0.15, 0.2) is 12.4 Å². The average molecular weight is 648 g/mol. The molecule has 1 aliphatic carbocycles. The van der Waals surface area contributed by atoms with Crippen LogP contribution in [0.15, 0.2) is 37.1 Å². The molecule has 47 heavy (non-hydrogen) atoms. The molecule has 1 saturated carbocycles. The van der Waals surface area contributed by atoms with Crippen LogP contribution in [0, 0.1) is 12.3 Å². The van der Waals surface area contributed by atoms with Crippen LogP contribution < -0.4 is 14.5 Å². The van der Waals surface area contributed by atoms with Crippen molar-refractivity contribution < 1.29 is 27.8 Å². The molecule has 4 fully saturated rings. The van der Waals surface area contributed by atoms with E-state index in [0.29, 0.717) is 67.5 Å². The first-order valence-electron chi connectivity index (χ1n) is 16.1. The van der Waals surface area contributed by atoms with Crippen molar-refractivity contribution in [2.24, 2.45) is 5.41 Å². The first kappa shape index (κ1) is 30.0. The molecule has 8 rings (SSSR count). The molecule has 0 radical (unpaired) electrons. The van der Waals surface area contributed by atoms with Crippen LogP contribution in [0.3, 0.4) is 0 Å². The topological polar surface area (TPSA) is 111 Å². The van der Waals surface area contributed by atoms with Crippen LogP contribution in [0.2, 0.25) is 0 Å². The number of amides is 1. The predicted molar refractivity (Wildman–Crippen MR) is 172 cm³/mol. The molecule has 13 heteroatoms. The minimum absolute atomic E-state index is 0.0382. The number of likely N-dealkylation sites (tertiary alicyclic amines) is 1. The van der Waals surface area contributed by atoms with Gasteiger partial charge in [-0.25, -0.2) is 4.98 Å². The Labute approximate surface area is 269 Å². The summed E-state index contributed by atoms with van der Waals surface area (Å²) in [5, 5.41) is 18.8. The van der Waals surface area contributed by atoms with Gasteiger partial charge >= 0.3 is 6.18 Å². The number of hydrogen-bond acceptors (Lipinski definition) is 8. The van der Waals surface area contributed by atoms with E-state index in [4.69, 9.17) is 14.7 Å². The zero-order valence-electron chi connectivity index (χ0n) is 26.1. The van der Waals surface area contributed by atoms with Crippen molar-refractivity contribution in [2.45, 2.75) is 50.8 Å². The van der Waals surface area contributed by atoms with Crippen molar-refractivity contribution in [2.75, 3.05) is 55.7 Å². The smallest absolute Gasteiger partial charge is 0.422 e. The van der Waals surface area contributed by atoms with Gasteiger partial charge in [-0.2, -0.15) is 23.3 Å². The summed E-state index contributed by atoms with van der Waals surface area (Å²) in [6.07, 6.45) is 1.50. The number of nitrogens with zero attached hydrogens (tertiary/aromatic N) is 6. The highest BCUT2D eigenvalue weighted by molar-refractivity contribution is 6.06. The van der Waals surface area contributed by atoms with Gasteiger partial charge in [-0.3, -0.25) is 9.89 Å². The van der Waals surface area contributed by atoms with Crippen LogP contribution in [0.25, 0.3) is 32.9 Å². The summed E-state index contributed by atoms with van der Waals surface area (Å²) >= 11 is 0. The number of hydrogen-bond donors (Lipinski definition) is 2. The third-order valence-corrected chi connectivity index (χ3v) is 10.2. The highest BCUT2D eigenvalue weighted by Gasteiger charge is 2.47. The number of anilines is 2. The molecular formula is C34H36F3N7O3. The Morgan fingerprint density at radius 2 is 1.87 bits per heavy atom. The van der Waals surface area contributed by atoms with Crippen LogP contribution in [-0.4, -0.2) is 94.2 Å². The summed E-state index contributed by atoms with van der Waals surface area (Å²) in [6, 6.07) is 5.93. The van der Waals surface area contributed by atoms with Gasteiger partial charge in [-0.15, -0.1) is 0 Å². The molecule has 2 N–H and O–H groups in total. The zero-order chi connectivity index (χ0) is 32.7. The molecule has 246 valence electrons. The molecule has 5 heterocycles. The fourth-order valence-electron chi connectivity index (χ4n) is 7.51. The molecule has 0 unspecified atom stereocenters. The minimum Gasteiger partial charge on any atom is -0.481 e. The Morgan fingerprint density at radius 1 is 1.13 bits per heavy atom. The number of aromatic amines is 1. The van der Waals surface area contributed by atoms with Crippen molar-refractivity contribution in [3.8, 4) is 16.9 Å². The van der Waals surface area contributed by atoms with Crippen molar-refractivity contribution >= 4 is 39.5 Å². The number of alkyl halides is 3. The van der Waals surface area contributed by atoms with Gasteiger partial charge in [0.2, 0.25) is 11.9 Å². The molecule has 1 spiro atoms. The molecule has 10 nitrogen and oxygen atoms in total. The quantitative estimate of drug-likeness (QED) is 0.267. The molecule has 2 aromatic heterocycles. The SMILES string of the molecule is C=CC(=O)N1CC2(CCN(c3nc(N4CC(O)C4)nc4c(OCC(F)(F)F)c(-c5c(C)ccc6[nH]ncc56)c(C5CC5)cc34)CC2)C1. The number of benzene rings is 2. The van der Waals surface area contributed by atoms with Crippen molar-refractivity contribution in [1.82, 2.24) is 25.1 Å². The number of nitrogens with one attached hydrogen (secondary N) is 1. The van der Waals surface area contributed by atoms with Crippen LogP contribution in [0.1, 0.15) is 42.7 Å². The second kappa shape index (κ2) is 10.8. The predicted octanol–water partition coefficient (Wildman–Crippen LogP) is 5.10. The fourth-order valence-corrected chi connectivity index (χ4v) is 7.51. The molecule has 0 atom stereocenters. The number of fused-ring (bicyclic) bond motifs is 2. The molecule has 1 amide bonds. The lowest BCUT2D eigenvalue weighted by Crippen LogP contribution is -2.61. The summed E-state index contributed by atoms with van der Waals surface area (Å²) in [6.45, 7) is 7.49. The highest BCUT2D eigenvalue weighted by atomic mass is 19.4. The van der Waals surface area contributed by atoms with Crippen LogP contribution >= 0.6 is 0 Å². The average Bonchev–Trinajstić information content (AvgIpc) is 3.76. The molecule has 3 saturated heterocycles. The Bertz CT molecular complexity index is 1900. The van der Waals surface area contributed by atoms with E-state index >= 15 is 0 Å². The van der Waals surface area contributed by atoms with E-state index in [0.717, 1.165) is 53.3 Å². The summed E-state index contributed by atoms with van der Waals surface area (Å²) < 4.78 is 47.5. The van der Waals surface area contributed by atoms with Gasteiger partial charge in [-0.1, -0.05) is 12.6 Å². The summed E-state index contributed by atoms with van der Waals surface area (Å²) in [4.78, 5) is 27.9. The minimum atomic E-state index is -4.57. The maximum atomic E-state index is 13.9. The van der Waals surface area contributed by atoms with E-state index < -0.39 is 18.9 Å². The van der Waals surface area contributed by atoms with E-state index in [1.165, 1.54) is 6.08 Å². The Hall–Kier alpha value is -4.39. The molecule has 4 aromatic rings. The van der Waals surface area contributed by atoms with Crippen molar-refractivity contribution in [3.05, 3.63) is 48.2 Å². The first-order chi connectivity index (χ1) is 22.5. The van der Waals surface area contributed by atoms with Gasteiger partial charge < -0.3 is 24.5 Å². The number of carbonyl (C=O) groups excluding carboxylic acids is 1. The Balaban J connectivity index is 1.30. The normalized spacial score (nSPS) is 19.7. The second-order valence-electron chi connectivity index (χ2n) is 13.6. The third kappa shape index (κ3) is 5.24. The number of carbonyl (C=O) groups is 1. The number of H-pyrrole nitrogens is 1. The van der Waals surface area contributed by atoms with E-state index in [9.17, 15) is 23.1 Å². The number of halogens is 3.